The van der Waals surface area contributed by atoms with E-state index in [-0.39, 0.29) is 11.5 Å². The van der Waals surface area contributed by atoms with Gasteiger partial charge in [-0.05, 0) is 0 Å². The first-order valence-corrected chi connectivity index (χ1v) is 6.12. The van der Waals surface area contributed by atoms with Gasteiger partial charge in [-0.25, -0.2) is 4.98 Å². The van der Waals surface area contributed by atoms with Crippen molar-refractivity contribution in [2.75, 3.05) is 0 Å². The van der Waals surface area contributed by atoms with Gasteiger partial charge in [0.2, 0.25) is 5.89 Å². The van der Waals surface area contributed by atoms with E-state index in [1.165, 1.54) is 0 Å². The molecule has 0 aromatic carbocycles. The number of rotatable bonds is 1. The summed E-state index contributed by atoms with van der Waals surface area (Å²) in [4.78, 5) is 11.9. The van der Waals surface area contributed by atoms with Crippen LogP contribution in [0, 0.1) is 0 Å². The minimum atomic E-state index is -0.0894. The molecule has 18 heavy (non-hydrogen) atoms. The maximum Gasteiger partial charge on any atom is 0.244 e. The lowest BCUT2D eigenvalue weighted by atomic mass is 9.96. The smallest absolute Gasteiger partial charge is 0.244 e. The van der Waals surface area contributed by atoms with Crippen molar-refractivity contribution in [3.05, 3.63) is 29.4 Å². The van der Waals surface area contributed by atoms with E-state index in [0.717, 1.165) is 30.2 Å². The molecule has 6 nitrogen and oxygen atoms in total. The quantitative estimate of drug-likeness (QED) is 0.797. The molecule has 0 aliphatic carbocycles. The second-order valence-electron chi connectivity index (χ2n) is 5.67. The van der Waals surface area contributed by atoms with E-state index in [9.17, 15) is 0 Å². The summed E-state index contributed by atoms with van der Waals surface area (Å²) in [5, 5.41) is 7.43. The van der Waals surface area contributed by atoms with Gasteiger partial charge in [0, 0.05) is 18.4 Å². The first-order valence-electron chi connectivity index (χ1n) is 6.12. The summed E-state index contributed by atoms with van der Waals surface area (Å²) in [6.45, 7) is 6.97. The lowest BCUT2D eigenvalue weighted by Crippen LogP contribution is -2.29. The number of aromatic nitrogens is 4. The fraction of sp³-hybridized carbons (Fsp3) is 0.583. The van der Waals surface area contributed by atoms with Crippen LogP contribution in [0.3, 0.4) is 0 Å². The van der Waals surface area contributed by atoms with E-state index < -0.39 is 0 Å². The maximum atomic E-state index is 5.36. The van der Waals surface area contributed by atoms with Crippen LogP contribution in [0.25, 0.3) is 0 Å². The maximum absolute atomic E-state index is 5.36. The minimum absolute atomic E-state index is 0.0596. The van der Waals surface area contributed by atoms with Gasteiger partial charge in [-0.3, -0.25) is 5.32 Å². The molecule has 3 rings (SSSR count). The predicted molar refractivity (Wildman–Crippen MR) is 64.9 cm³/mol. The number of aromatic amines is 1. The summed E-state index contributed by atoms with van der Waals surface area (Å²) in [7, 11) is 0. The monoisotopic (exact) mass is 247 g/mol. The molecule has 1 aliphatic heterocycles. The molecule has 2 N–H and O–H groups in total. The van der Waals surface area contributed by atoms with Gasteiger partial charge in [0.25, 0.3) is 0 Å². The Balaban J connectivity index is 1.83. The molecular weight excluding hydrogens is 230 g/mol. The highest BCUT2D eigenvalue weighted by molar-refractivity contribution is 5.18. The van der Waals surface area contributed by atoms with E-state index in [0.29, 0.717) is 5.89 Å². The van der Waals surface area contributed by atoms with Crippen molar-refractivity contribution < 1.29 is 4.52 Å². The predicted octanol–water partition coefficient (Wildman–Crippen LogP) is 1.48. The Morgan fingerprint density at radius 2 is 2.22 bits per heavy atom. The Kier molecular flexibility index (Phi) is 2.48. The topological polar surface area (TPSA) is 79.6 Å². The molecule has 0 amide bonds. The van der Waals surface area contributed by atoms with Gasteiger partial charge in [-0.1, -0.05) is 25.9 Å². The van der Waals surface area contributed by atoms with Gasteiger partial charge < -0.3 is 9.51 Å². The second kappa shape index (κ2) is 3.91. The van der Waals surface area contributed by atoms with Gasteiger partial charge in [0.1, 0.15) is 0 Å². The van der Waals surface area contributed by atoms with Gasteiger partial charge in [0.15, 0.2) is 5.82 Å². The van der Waals surface area contributed by atoms with Crippen molar-refractivity contribution in [2.45, 2.75) is 45.2 Å². The molecule has 0 saturated carbocycles. The van der Waals surface area contributed by atoms with Crippen molar-refractivity contribution in [1.29, 1.82) is 0 Å². The molecule has 0 spiro atoms. The fourth-order valence-corrected chi connectivity index (χ4v) is 2.03. The lowest BCUT2D eigenvalue weighted by molar-refractivity contribution is 0.313. The normalized spacial score (nSPS) is 19.8. The van der Waals surface area contributed by atoms with Crippen LogP contribution in [0.5, 0.6) is 0 Å². The van der Waals surface area contributed by atoms with Crippen LogP contribution in [0.15, 0.2) is 10.9 Å². The zero-order valence-corrected chi connectivity index (χ0v) is 10.8. The zero-order chi connectivity index (χ0) is 12.8. The lowest BCUT2D eigenvalue weighted by Gasteiger charge is -2.19. The van der Waals surface area contributed by atoms with E-state index in [1.807, 2.05) is 0 Å². The van der Waals surface area contributed by atoms with Crippen LogP contribution < -0.4 is 5.32 Å². The molecule has 0 bridgehead atoms. The Labute approximate surface area is 105 Å². The summed E-state index contributed by atoms with van der Waals surface area (Å²) < 4.78 is 5.36. The number of nitrogens with zero attached hydrogens (tertiary/aromatic N) is 3. The molecule has 1 atom stereocenters. The zero-order valence-electron chi connectivity index (χ0n) is 10.8. The third kappa shape index (κ3) is 1.92. The summed E-state index contributed by atoms with van der Waals surface area (Å²) >= 11 is 0. The summed E-state index contributed by atoms with van der Waals surface area (Å²) in [6, 6.07) is 0.0596. The average molecular weight is 247 g/mol. The molecule has 1 unspecified atom stereocenters. The van der Waals surface area contributed by atoms with Crippen molar-refractivity contribution >= 4 is 0 Å². The second-order valence-corrected chi connectivity index (χ2v) is 5.67. The summed E-state index contributed by atoms with van der Waals surface area (Å²) in [5.74, 6) is 1.39. The standard InChI is InChI=1S/C12H17N5O/c1-12(2,3)11-16-10(18-17-11)8-4-7-9(5-13-8)15-6-14-7/h6,8,13H,4-5H2,1-3H3,(H,14,15). The van der Waals surface area contributed by atoms with Crippen LogP contribution >= 0.6 is 0 Å². The van der Waals surface area contributed by atoms with Crippen molar-refractivity contribution in [2.24, 2.45) is 0 Å². The highest BCUT2D eigenvalue weighted by atomic mass is 16.5. The van der Waals surface area contributed by atoms with Crippen molar-refractivity contribution in [3.8, 4) is 0 Å². The molecule has 3 heterocycles. The van der Waals surface area contributed by atoms with E-state index in [4.69, 9.17) is 4.52 Å². The van der Waals surface area contributed by atoms with Crippen LogP contribution in [0.1, 0.15) is 49.9 Å². The minimum Gasteiger partial charge on any atom is -0.347 e. The number of nitrogens with one attached hydrogen (secondary N) is 2. The molecular formula is C12H17N5O. The number of hydrogen-bond acceptors (Lipinski definition) is 5. The van der Waals surface area contributed by atoms with Crippen molar-refractivity contribution in [1.82, 2.24) is 25.4 Å². The number of fused-ring (bicyclic) bond motifs is 1. The fourth-order valence-electron chi connectivity index (χ4n) is 2.03. The SMILES string of the molecule is CC(C)(C)c1noc(C2Cc3nc[nH]c3CN2)n1. The van der Waals surface area contributed by atoms with Gasteiger partial charge in [-0.15, -0.1) is 0 Å². The van der Waals surface area contributed by atoms with Gasteiger partial charge in [0.05, 0.1) is 23.8 Å². The Morgan fingerprint density at radius 3 is 2.94 bits per heavy atom. The molecule has 0 saturated heterocycles. The first-order chi connectivity index (χ1) is 8.54. The molecule has 96 valence electrons. The third-order valence-electron chi connectivity index (χ3n) is 3.14. The van der Waals surface area contributed by atoms with E-state index in [1.54, 1.807) is 6.33 Å². The molecule has 0 fully saturated rings. The highest BCUT2D eigenvalue weighted by Gasteiger charge is 2.28. The van der Waals surface area contributed by atoms with Crippen LogP contribution in [0.4, 0.5) is 0 Å². The van der Waals surface area contributed by atoms with Crippen molar-refractivity contribution in [3.63, 3.8) is 0 Å². The first kappa shape index (κ1) is 11.4. The van der Waals surface area contributed by atoms with Crippen LogP contribution in [-0.2, 0) is 18.4 Å². The molecule has 0 radical (unpaired) electrons. The number of H-pyrrole nitrogens is 1. The molecule has 6 heteroatoms. The van der Waals surface area contributed by atoms with E-state index >= 15 is 0 Å². The highest BCUT2D eigenvalue weighted by Crippen LogP contribution is 2.25. The van der Waals surface area contributed by atoms with Crippen LogP contribution in [0.2, 0.25) is 0 Å². The molecule has 2 aromatic rings. The Morgan fingerprint density at radius 1 is 1.39 bits per heavy atom. The molecule has 1 aliphatic rings. The Bertz CT molecular complexity index is 551. The van der Waals surface area contributed by atoms with Gasteiger partial charge in [-0.2, -0.15) is 4.98 Å². The van der Waals surface area contributed by atoms with Crippen LogP contribution in [-0.4, -0.2) is 20.1 Å². The van der Waals surface area contributed by atoms with Gasteiger partial charge >= 0.3 is 0 Å². The average Bonchev–Trinajstić information content (AvgIpc) is 2.96. The van der Waals surface area contributed by atoms with E-state index in [2.05, 4.69) is 46.2 Å². The largest absolute Gasteiger partial charge is 0.347 e. The summed E-state index contributed by atoms with van der Waals surface area (Å²) in [6.07, 6.45) is 2.51. The number of imidazole rings is 1. The third-order valence-corrected chi connectivity index (χ3v) is 3.14. The number of hydrogen-bond donors (Lipinski definition) is 2. The molecule has 2 aromatic heterocycles. The summed E-state index contributed by atoms with van der Waals surface area (Å²) in [5.41, 5.74) is 2.13. The Hall–Kier alpha value is -1.69.